The van der Waals surface area contributed by atoms with Gasteiger partial charge in [0.2, 0.25) is 0 Å². The Hall–Kier alpha value is -2.43. The number of pyridine rings is 2. The van der Waals surface area contributed by atoms with Gasteiger partial charge in [-0.3, -0.25) is 9.97 Å². The highest BCUT2D eigenvalue weighted by Crippen LogP contribution is 2.23. The van der Waals surface area contributed by atoms with E-state index in [1.165, 1.54) is 12.3 Å². The number of aromatic nitrogens is 2. The molecule has 0 saturated carbocycles. The molecule has 0 saturated heterocycles. The Morgan fingerprint density at radius 3 is 2.79 bits per heavy atom. The van der Waals surface area contributed by atoms with Crippen LogP contribution in [-0.4, -0.2) is 27.7 Å². The first kappa shape index (κ1) is 13.0. The highest BCUT2D eigenvalue weighted by Gasteiger charge is 2.14. The summed E-state index contributed by atoms with van der Waals surface area (Å²) in [5.41, 5.74) is 1.25. The fourth-order valence-electron chi connectivity index (χ4n) is 1.59. The highest BCUT2D eigenvalue weighted by molar-refractivity contribution is 5.91. The molecule has 98 valence electrons. The van der Waals surface area contributed by atoms with Crippen LogP contribution in [0.25, 0.3) is 11.4 Å². The van der Waals surface area contributed by atoms with Crippen LogP contribution in [0.1, 0.15) is 23.7 Å². The molecule has 5 heteroatoms. The highest BCUT2D eigenvalue weighted by atomic mass is 16.5. The summed E-state index contributed by atoms with van der Waals surface area (Å²) in [4.78, 5) is 19.6. The Bertz CT molecular complexity index is 570. The molecule has 0 amide bonds. The van der Waals surface area contributed by atoms with Gasteiger partial charge in [-0.15, -0.1) is 0 Å². The van der Waals surface area contributed by atoms with Gasteiger partial charge in [0.1, 0.15) is 5.56 Å². The summed E-state index contributed by atoms with van der Waals surface area (Å²) in [6.07, 6.45) is 3.88. The minimum atomic E-state index is -1.04. The fraction of sp³-hybridized carbons (Fsp3) is 0.214. The van der Waals surface area contributed by atoms with Crippen molar-refractivity contribution in [2.75, 3.05) is 6.61 Å². The molecule has 5 nitrogen and oxygen atoms in total. The number of carbonyl (C=O) groups is 1. The summed E-state index contributed by atoms with van der Waals surface area (Å²) in [5, 5.41) is 9.21. The summed E-state index contributed by atoms with van der Waals surface area (Å²) in [7, 11) is 0. The Balaban J connectivity index is 2.39. The lowest BCUT2D eigenvalue weighted by atomic mass is 10.1. The van der Waals surface area contributed by atoms with Gasteiger partial charge in [-0.05, 0) is 24.6 Å². The summed E-state index contributed by atoms with van der Waals surface area (Å²) in [6, 6.07) is 6.88. The van der Waals surface area contributed by atoms with E-state index in [2.05, 4.69) is 9.97 Å². The van der Waals surface area contributed by atoms with Gasteiger partial charge in [-0.2, -0.15) is 0 Å². The van der Waals surface area contributed by atoms with Gasteiger partial charge in [0.25, 0.3) is 0 Å². The zero-order valence-corrected chi connectivity index (χ0v) is 10.5. The molecule has 19 heavy (non-hydrogen) atoms. The van der Waals surface area contributed by atoms with E-state index in [4.69, 9.17) is 4.74 Å². The van der Waals surface area contributed by atoms with Crippen molar-refractivity contribution in [2.24, 2.45) is 0 Å². The standard InChI is InChI=1S/C14H14N2O3/c1-2-7-19-13-9-16-12(8-10(13)14(17)18)11-5-3-4-6-15-11/h3-6,8-9H,2,7H2,1H3,(H,17,18). The number of carboxylic acids is 1. The quantitative estimate of drug-likeness (QED) is 0.892. The van der Waals surface area contributed by atoms with Gasteiger partial charge < -0.3 is 9.84 Å². The third-order valence-corrected chi connectivity index (χ3v) is 2.49. The summed E-state index contributed by atoms with van der Waals surface area (Å²) >= 11 is 0. The fourth-order valence-corrected chi connectivity index (χ4v) is 1.59. The first-order valence-corrected chi connectivity index (χ1v) is 6.00. The van der Waals surface area contributed by atoms with Gasteiger partial charge in [0.15, 0.2) is 5.75 Å². The van der Waals surface area contributed by atoms with Gasteiger partial charge >= 0.3 is 5.97 Å². The third kappa shape index (κ3) is 3.07. The first-order chi connectivity index (χ1) is 9.22. The van der Waals surface area contributed by atoms with E-state index in [0.29, 0.717) is 18.0 Å². The van der Waals surface area contributed by atoms with E-state index in [9.17, 15) is 9.90 Å². The SMILES string of the molecule is CCCOc1cnc(-c2ccccn2)cc1C(=O)O. The normalized spacial score (nSPS) is 10.2. The molecule has 0 aromatic carbocycles. The van der Waals surface area contributed by atoms with Crippen molar-refractivity contribution < 1.29 is 14.6 Å². The maximum Gasteiger partial charge on any atom is 0.339 e. The summed E-state index contributed by atoms with van der Waals surface area (Å²) in [6.45, 7) is 2.42. The molecule has 2 aromatic rings. The Kier molecular flexibility index (Phi) is 4.07. The molecule has 0 atom stereocenters. The minimum absolute atomic E-state index is 0.101. The number of hydrogen-bond donors (Lipinski definition) is 1. The molecular formula is C14H14N2O3. The molecule has 2 heterocycles. The second-order valence-electron chi connectivity index (χ2n) is 3.93. The van der Waals surface area contributed by atoms with E-state index in [-0.39, 0.29) is 11.3 Å². The lowest BCUT2D eigenvalue weighted by molar-refractivity contribution is 0.0692. The molecular weight excluding hydrogens is 244 g/mol. The molecule has 0 unspecified atom stereocenters. The second-order valence-corrected chi connectivity index (χ2v) is 3.93. The predicted octanol–water partition coefficient (Wildman–Crippen LogP) is 2.63. The molecule has 0 aliphatic rings. The molecule has 2 aromatic heterocycles. The van der Waals surface area contributed by atoms with E-state index < -0.39 is 5.97 Å². The molecule has 1 N–H and O–H groups in total. The Morgan fingerprint density at radius 2 is 2.16 bits per heavy atom. The minimum Gasteiger partial charge on any atom is -0.491 e. The van der Waals surface area contributed by atoms with Gasteiger partial charge in [0, 0.05) is 6.20 Å². The monoisotopic (exact) mass is 258 g/mol. The first-order valence-electron chi connectivity index (χ1n) is 6.00. The molecule has 0 aliphatic carbocycles. The van der Waals surface area contributed by atoms with Crippen LogP contribution in [0.5, 0.6) is 5.75 Å². The molecule has 0 radical (unpaired) electrons. The van der Waals surface area contributed by atoms with Crippen LogP contribution in [0.15, 0.2) is 36.7 Å². The third-order valence-electron chi connectivity index (χ3n) is 2.49. The van der Waals surface area contributed by atoms with Gasteiger partial charge in [-0.1, -0.05) is 13.0 Å². The van der Waals surface area contributed by atoms with Crippen LogP contribution in [-0.2, 0) is 0 Å². The maximum absolute atomic E-state index is 11.2. The Morgan fingerprint density at radius 1 is 1.32 bits per heavy atom. The lowest BCUT2D eigenvalue weighted by Crippen LogP contribution is -2.05. The van der Waals surface area contributed by atoms with Crippen LogP contribution >= 0.6 is 0 Å². The van der Waals surface area contributed by atoms with E-state index in [1.54, 1.807) is 18.3 Å². The number of hydrogen-bond acceptors (Lipinski definition) is 4. The second kappa shape index (κ2) is 5.95. The number of nitrogens with zero attached hydrogens (tertiary/aromatic N) is 2. The number of ether oxygens (including phenoxy) is 1. The molecule has 2 rings (SSSR count). The van der Waals surface area contributed by atoms with Crippen molar-refractivity contribution in [1.82, 2.24) is 9.97 Å². The smallest absolute Gasteiger partial charge is 0.339 e. The predicted molar refractivity (Wildman–Crippen MR) is 70.2 cm³/mol. The number of carboxylic acid groups (broad SMARTS) is 1. The number of aromatic carboxylic acids is 1. The van der Waals surface area contributed by atoms with Crippen molar-refractivity contribution in [1.29, 1.82) is 0 Å². The Labute approximate surface area is 110 Å². The van der Waals surface area contributed by atoms with Crippen LogP contribution in [0.4, 0.5) is 0 Å². The topological polar surface area (TPSA) is 72.3 Å². The molecule has 0 bridgehead atoms. The zero-order valence-electron chi connectivity index (χ0n) is 10.5. The maximum atomic E-state index is 11.2. The van der Waals surface area contributed by atoms with Crippen LogP contribution in [0.2, 0.25) is 0 Å². The summed E-state index contributed by atoms with van der Waals surface area (Å²) in [5.74, 6) is -0.750. The van der Waals surface area contributed by atoms with Crippen molar-refractivity contribution in [3.8, 4) is 17.1 Å². The molecule has 0 spiro atoms. The van der Waals surface area contributed by atoms with E-state index in [0.717, 1.165) is 6.42 Å². The van der Waals surface area contributed by atoms with Gasteiger partial charge in [-0.25, -0.2) is 4.79 Å². The van der Waals surface area contributed by atoms with Gasteiger partial charge in [0.05, 0.1) is 24.2 Å². The van der Waals surface area contributed by atoms with E-state index in [1.807, 2.05) is 13.0 Å². The lowest BCUT2D eigenvalue weighted by Gasteiger charge is -2.09. The van der Waals surface area contributed by atoms with Crippen LogP contribution in [0, 0.1) is 0 Å². The average molecular weight is 258 g/mol. The van der Waals surface area contributed by atoms with Crippen molar-refractivity contribution >= 4 is 5.97 Å². The van der Waals surface area contributed by atoms with Crippen molar-refractivity contribution in [2.45, 2.75) is 13.3 Å². The van der Waals surface area contributed by atoms with Crippen LogP contribution < -0.4 is 4.74 Å². The zero-order chi connectivity index (χ0) is 13.7. The average Bonchev–Trinajstić information content (AvgIpc) is 2.45. The summed E-state index contributed by atoms with van der Waals surface area (Å²) < 4.78 is 5.37. The molecule has 0 aliphatic heterocycles. The van der Waals surface area contributed by atoms with Crippen molar-refractivity contribution in [3.63, 3.8) is 0 Å². The van der Waals surface area contributed by atoms with Crippen LogP contribution in [0.3, 0.4) is 0 Å². The largest absolute Gasteiger partial charge is 0.491 e. The van der Waals surface area contributed by atoms with E-state index >= 15 is 0 Å². The van der Waals surface area contributed by atoms with Crippen molar-refractivity contribution in [3.05, 3.63) is 42.2 Å². The number of rotatable bonds is 5. The molecule has 0 fully saturated rings.